The minimum atomic E-state index is -0.362. The van der Waals surface area contributed by atoms with Gasteiger partial charge in [-0.2, -0.15) is 0 Å². The first-order chi connectivity index (χ1) is 10.5. The van der Waals surface area contributed by atoms with Gasteiger partial charge in [0, 0.05) is 24.4 Å². The van der Waals surface area contributed by atoms with Gasteiger partial charge in [-0.25, -0.2) is 4.39 Å². The number of methoxy groups -OCH3 is 1. The number of aryl methyl sites for hydroxylation is 1. The second-order valence-electron chi connectivity index (χ2n) is 4.89. The molecule has 0 radical (unpaired) electrons. The third-order valence-electron chi connectivity index (χ3n) is 3.29. The lowest BCUT2D eigenvalue weighted by molar-refractivity contribution is -0.140. The normalized spacial score (nSPS) is 10.5. The van der Waals surface area contributed by atoms with Crippen LogP contribution in [-0.2, 0) is 9.53 Å². The van der Waals surface area contributed by atoms with E-state index in [0.29, 0.717) is 35.1 Å². The topological polar surface area (TPSA) is 68.3 Å². The molecule has 1 aromatic heterocycles. The zero-order chi connectivity index (χ0) is 16.1. The Labute approximate surface area is 127 Å². The fourth-order valence-corrected chi connectivity index (χ4v) is 2.10. The van der Waals surface area contributed by atoms with Crippen LogP contribution in [0.1, 0.15) is 28.9 Å². The van der Waals surface area contributed by atoms with Crippen LogP contribution in [0.25, 0.3) is 10.9 Å². The Morgan fingerprint density at radius 1 is 1.32 bits per heavy atom. The van der Waals surface area contributed by atoms with E-state index in [-0.39, 0.29) is 24.1 Å². The highest BCUT2D eigenvalue weighted by Gasteiger charge is 2.12. The molecule has 0 spiro atoms. The lowest BCUT2D eigenvalue weighted by atomic mass is 10.1. The molecule has 1 heterocycles. The standard InChI is InChI=1S/C16H17FN2O3/c1-10-13(16(21)18-7-3-4-15(20)22-2)8-11-5-6-12(17)9-14(11)19-10/h5-6,8-9H,3-4,7H2,1-2H3,(H,18,21). The number of nitrogens with one attached hydrogen (secondary N) is 1. The predicted octanol–water partition coefficient (Wildman–Crippen LogP) is 2.37. The highest BCUT2D eigenvalue weighted by atomic mass is 19.1. The minimum absolute atomic E-state index is 0.255. The van der Waals surface area contributed by atoms with E-state index in [1.54, 1.807) is 19.1 Å². The Bertz CT molecular complexity index is 716. The number of carbonyl (C=O) groups excluding carboxylic acids is 2. The summed E-state index contributed by atoms with van der Waals surface area (Å²) in [7, 11) is 1.33. The number of hydrogen-bond donors (Lipinski definition) is 1. The largest absolute Gasteiger partial charge is 0.469 e. The molecule has 0 saturated carbocycles. The molecular weight excluding hydrogens is 287 g/mol. The number of nitrogens with zero attached hydrogens (tertiary/aromatic N) is 1. The Morgan fingerprint density at radius 2 is 2.09 bits per heavy atom. The molecule has 2 aromatic rings. The number of hydrogen-bond acceptors (Lipinski definition) is 4. The van der Waals surface area contributed by atoms with Crippen molar-refractivity contribution in [2.24, 2.45) is 0 Å². The molecule has 1 N–H and O–H groups in total. The Kier molecular flexibility index (Phi) is 5.04. The molecule has 2 rings (SSSR count). The lowest BCUT2D eigenvalue weighted by Crippen LogP contribution is -2.26. The smallest absolute Gasteiger partial charge is 0.305 e. The summed E-state index contributed by atoms with van der Waals surface area (Å²) in [6.45, 7) is 2.07. The first-order valence-electron chi connectivity index (χ1n) is 6.93. The van der Waals surface area contributed by atoms with Crippen molar-refractivity contribution < 1.29 is 18.7 Å². The van der Waals surface area contributed by atoms with Gasteiger partial charge in [0.1, 0.15) is 5.82 Å². The fraction of sp³-hybridized carbons (Fsp3) is 0.312. The predicted molar refractivity (Wildman–Crippen MR) is 80.0 cm³/mol. The maximum atomic E-state index is 13.2. The molecule has 0 aliphatic rings. The summed E-state index contributed by atoms with van der Waals surface area (Å²) in [5, 5.41) is 3.44. The van der Waals surface area contributed by atoms with E-state index in [2.05, 4.69) is 15.0 Å². The molecule has 0 aliphatic carbocycles. The number of benzene rings is 1. The minimum Gasteiger partial charge on any atom is -0.469 e. The van der Waals surface area contributed by atoms with E-state index in [4.69, 9.17) is 0 Å². The summed E-state index contributed by atoms with van der Waals surface area (Å²) in [5.41, 5.74) is 1.49. The second-order valence-corrected chi connectivity index (χ2v) is 4.89. The number of rotatable bonds is 5. The number of aromatic nitrogens is 1. The van der Waals surface area contributed by atoms with E-state index in [1.807, 2.05) is 0 Å². The van der Waals surface area contributed by atoms with Gasteiger partial charge >= 0.3 is 5.97 Å². The van der Waals surface area contributed by atoms with Gasteiger partial charge in [-0.1, -0.05) is 0 Å². The Morgan fingerprint density at radius 3 is 2.82 bits per heavy atom. The van der Waals surface area contributed by atoms with Crippen LogP contribution in [0.5, 0.6) is 0 Å². The van der Waals surface area contributed by atoms with E-state index in [0.717, 1.165) is 0 Å². The summed E-state index contributed by atoms with van der Waals surface area (Å²) < 4.78 is 17.7. The van der Waals surface area contributed by atoms with Gasteiger partial charge in [0.2, 0.25) is 0 Å². The Hall–Kier alpha value is -2.50. The van der Waals surface area contributed by atoms with E-state index >= 15 is 0 Å². The van der Waals surface area contributed by atoms with Gasteiger partial charge in [-0.05, 0) is 31.5 Å². The molecule has 5 nitrogen and oxygen atoms in total. The van der Waals surface area contributed by atoms with Crippen LogP contribution in [0.2, 0.25) is 0 Å². The van der Waals surface area contributed by atoms with Crippen molar-refractivity contribution in [1.29, 1.82) is 0 Å². The van der Waals surface area contributed by atoms with E-state index < -0.39 is 0 Å². The van der Waals surface area contributed by atoms with Crippen LogP contribution >= 0.6 is 0 Å². The van der Waals surface area contributed by atoms with Crippen molar-refractivity contribution in [1.82, 2.24) is 10.3 Å². The second kappa shape index (κ2) is 6.98. The Balaban J connectivity index is 2.06. The third kappa shape index (κ3) is 3.78. The maximum Gasteiger partial charge on any atom is 0.305 e. The third-order valence-corrected chi connectivity index (χ3v) is 3.29. The van der Waals surface area contributed by atoms with Crippen molar-refractivity contribution >= 4 is 22.8 Å². The highest BCUT2D eigenvalue weighted by molar-refractivity contribution is 5.98. The van der Waals surface area contributed by atoms with Gasteiger partial charge in [-0.15, -0.1) is 0 Å². The van der Waals surface area contributed by atoms with Crippen molar-refractivity contribution in [3.63, 3.8) is 0 Å². The molecule has 0 saturated heterocycles. The van der Waals surface area contributed by atoms with Crippen LogP contribution in [0, 0.1) is 12.7 Å². The number of halogens is 1. The fourth-order valence-electron chi connectivity index (χ4n) is 2.10. The average molecular weight is 304 g/mol. The van der Waals surface area contributed by atoms with Gasteiger partial charge in [0.05, 0.1) is 23.9 Å². The summed E-state index contributed by atoms with van der Waals surface area (Å²) in [6.07, 6.45) is 0.759. The van der Waals surface area contributed by atoms with Crippen LogP contribution in [0.4, 0.5) is 4.39 Å². The average Bonchev–Trinajstić information content (AvgIpc) is 2.50. The van der Waals surface area contributed by atoms with Gasteiger partial charge in [0.25, 0.3) is 5.91 Å². The van der Waals surface area contributed by atoms with Crippen LogP contribution < -0.4 is 5.32 Å². The quantitative estimate of drug-likeness (QED) is 0.680. The lowest BCUT2D eigenvalue weighted by Gasteiger charge is -2.08. The number of amides is 1. The zero-order valence-electron chi connectivity index (χ0n) is 12.5. The molecule has 116 valence electrons. The SMILES string of the molecule is COC(=O)CCCNC(=O)c1cc2ccc(F)cc2nc1C. The number of carbonyl (C=O) groups is 2. The highest BCUT2D eigenvalue weighted by Crippen LogP contribution is 2.17. The summed E-state index contributed by atoms with van der Waals surface area (Å²) in [4.78, 5) is 27.4. The molecule has 0 bridgehead atoms. The van der Waals surface area contributed by atoms with Crippen LogP contribution in [0.3, 0.4) is 0 Å². The summed E-state index contributed by atoms with van der Waals surface area (Å²) >= 11 is 0. The van der Waals surface area contributed by atoms with Gasteiger partial charge in [0.15, 0.2) is 0 Å². The van der Waals surface area contributed by atoms with Gasteiger partial charge < -0.3 is 10.1 Å². The number of fused-ring (bicyclic) bond motifs is 1. The van der Waals surface area contributed by atoms with Crippen molar-refractivity contribution in [2.75, 3.05) is 13.7 Å². The van der Waals surface area contributed by atoms with Crippen molar-refractivity contribution in [2.45, 2.75) is 19.8 Å². The van der Waals surface area contributed by atoms with Crippen LogP contribution in [-0.4, -0.2) is 30.5 Å². The summed E-state index contributed by atoms with van der Waals surface area (Å²) in [5.74, 6) is -0.930. The molecule has 6 heteroatoms. The molecule has 0 aliphatic heterocycles. The van der Waals surface area contributed by atoms with E-state index in [1.165, 1.54) is 19.2 Å². The van der Waals surface area contributed by atoms with Crippen molar-refractivity contribution in [3.8, 4) is 0 Å². The van der Waals surface area contributed by atoms with Gasteiger partial charge in [-0.3, -0.25) is 14.6 Å². The summed E-state index contributed by atoms with van der Waals surface area (Å²) in [6, 6.07) is 5.94. The molecule has 1 aromatic carbocycles. The molecule has 0 atom stereocenters. The molecule has 0 unspecified atom stereocenters. The molecular formula is C16H17FN2O3. The number of pyridine rings is 1. The maximum absolute atomic E-state index is 13.2. The number of esters is 1. The molecule has 1 amide bonds. The first kappa shape index (κ1) is 15.9. The number of ether oxygens (including phenoxy) is 1. The first-order valence-corrected chi connectivity index (χ1v) is 6.93. The monoisotopic (exact) mass is 304 g/mol. The molecule has 0 fully saturated rings. The molecule has 22 heavy (non-hydrogen) atoms. The van der Waals surface area contributed by atoms with Crippen molar-refractivity contribution in [3.05, 3.63) is 41.3 Å². The van der Waals surface area contributed by atoms with Crippen LogP contribution in [0.15, 0.2) is 24.3 Å². The van der Waals surface area contributed by atoms with E-state index in [9.17, 15) is 14.0 Å². The zero-order valence-corrected chi connectivity index (χ0v) is 12.5.